The minimum atomic E-state index is 0.322. The summed E-state index contributed by atoms with van der Waals surface area (Å²) in [6, 6.07) is 37.7. The van der Waals surface area contributed by atoms with E-state index in [2.05, 4.69) is 5.32 Å². The molecule has 0 saturated heterocycles. The largest absolute Gasteiger partial charge is 0.508 e. The van der Waals surface area contributed by atoms with Crippen molar-refractivity contribution in [2.45, 2.75) is 0 Å². The fourth-order valence-corrected chi connectivity index (χ4v) is 2.07. The van der Waals surface area contributed by atoms with Crippen LogP contribution in [-0.2, 0) is 0 Å². The molecule has 3 nitrogen and oxygen atoms in total. The van der Waals surface area contributed by atoms with E-state index in [9.17, 15) is 0 Å². The number of para-hydroxylation sites is 4. The van der Waals surface area contributed by atoms with Crippen molar-refractivity contribution in [1.29, 1.82) is 0 Å². The second-order valence-corrected chi connectivity index (χ2v) is 5.53. The molecule has 0 radical (unpaired) electrons. The van der Waals surface area contributed by atoms with Crippen molar-refractivity contribution in [1.82, 2.24) is 0 Å². The SMILES string of the molecule is Oc1ccccc1.Oc1ccccc1.c1ccc(Nc2ccccc2)cc1. The Morgan fingerprint density at radius 2 is 0.630 bits per heavy atom. The summed E-state index contributed by atoms with van der Waals surface area (Å²) in [5, 5.41) is 20.6. The summed E-state index contributed by atoms with van der Waals surface area (Å²) in [4.78, 5) is 0. The van der Waals surface area contributed by atoms with Gasteiger partial charge in [-0.1, -0.05) is 72.8 Å². The Morgan fingerprint density at radius 1 is 0.370 bits per heavy atom. The zero-order chi connectivity index (χ0) is 19.2. The number of rotatable bonds is 2. The number of anilines is 2. The van der Waals surface area contributed by atoms with Gasteiger partial charge in [-0.05, 0) is 48.5 Å². The van der Waals surface area contributed by atoms with Gasteiger partial charge in [-0.25, -0.2) is 0 Å². The smallest absolute Gasteiger partial charge is 0.115 e. The van der Waals surface area contributed by atoms with E-state index in [1.807, 2.05) is 72.8 Å². The van der Waals surface area contributed by atoms with E-state index in [4.69, 9.17) is 10.2 Å². The molecule has 0 aliphatic carbocycles. The van der Waals surface area contributed by atoms with Gasteiger partial charge in [0.25, 0.3) is 0 Å². The maximum atomic E-state index is 8.63. The maximum Gasteiger partial charge on any atom is 0.115 e. The lowest BCUT2D eigenvalue weighted by molar-refractivity contribution is 0.475. The van der Waals surface area contributed by atoms with Crippen LogP contribution in [0.5, 0.6) is 11.5 Å². The van der Waals surface area contributed by atoms with Gasteiger partial charge in [0, 0.05) is 11.4 Å². The van der Waals surface area contributed by atoms with Gasteiger partial charge in [0.15, 0.2) is 0 Å². The third kappa shape index (κ3) is 8.79. The molecule has 4 rings (SSSR count). The number of benzene rings is 4. The topological polar surface area (TPSA) is 52.5 Å². The first-order chi connectivity index (χ1) is 13.2. The lowest BCUT2D eigenvalue weighted by atomic mass is 10.3. The molecule has 4 aromatic rings. The molecular formula is C24H23NO2. The van der Waals surface area contributed by atoms with Crippen LogP contribution in [0.4, 0.5) is 11.4 Å². The van der Waals surface area contributed by atoms with Crippen molar-refractivity contribution >= 4 is 11.4 Å². The minimum absolute atomic E-state index is 0.322. The highest BCUT2D eigenvalue weighted by atomic mass is 16.3. The predicted octanol–water partition coefficient (Wildman–Crippen LogP) is 6.21. The molecular weight excluding hydrogens is 334 g/mol. The standard InChI is InChI=1S/C12H11N.2C6H6O/c1-3-7-11(8-4-1)13-12-9-5-2-6-10-12;2*7-6-4-2-1-3-5-6/h1-10,13H;2*1-5,7H. The Hall–Kier alpha value is -3.72. The van der Waals surface area contributed by atoms with Crippen LogP contribution in [0.2, 0.25) is 0 Å². The van der Waals surface area contributed by atoms with E-state index in [0.29, 0.717) is 11.5 Å². The summed E-state index contributed by atoms with van der Waals surface area (Å²) >= 11 is 0. The quantitative estimate of drug-likeness (QED) is 0.399. The highest BCUT2D eigenvalue weighted by Crippen LogP contribution is 2.14. The molecule has 0 aliphatic rings. The molecule has 0 atom stereocenters. The van der Waals surface area contributed by atoms with E-state index < -0.39 is 0 Å². The van der Waals surface area contributed by atoms with Crippen molar-refractivity contribution < 1.29 is 10.2 Å². The molecule has 0 spiro atoms. The molecule has 4 aromatic carbocycles. The lowest BCUT2D eigenvalue weighted by Gasteiger charge is -2.04. The van der Waals surface area contributed by atoms with Crippen LogP contribution in [0.1, 0.15) is 0 Å². The lowest BCUT2D eigenvalue weighted by Crippen LogP contribution is -1.87. The van der Waals surface area contributed by atoms with Gasteiger partial charge in [-0.3, -0.25) is 0 Å². The number of hydrogen-bond donors (Lipinski definition) is 3. The van der Waals surface area contributed by atoms with Crippen LogP contribution in [0.3, 0.4) is 0 Å². The number of phenols is 2. The normalized spacial score (nSPS) is 9.04. The van der Waals surface area contributed by atoms with E-state index in [1.54, 1.807) is 48.5 Å². The zero-order valence-corrected chi connectivity index (χ0v) is 14.9. The molecule has 0 aromatic heterocycles. The van der Waals surface area contributed by atoms with Gasteiger partial charge in [-0.2, -0.15) is 0 Å². The number of nitrogens with one attached hydrogen (secondary N) is 1. The Balaban J connectivity index is 0.000000159. The molecule has 0 unspecified atom stereocenters. The van der Waals surface area contributed by atoms with Crippen LogP contribution in [0, 0.1) is 0 Å². The molecule has 0 bridgehead atoms. The summed E-state index contributed by atoms with van der Waals surface area (Å²) in [6.45, 7) is 0. The first-order valence-electron chi connectivity index (χ1n) is 8.59. The predicted molar refractivity (Wildman–Crippen MR) is 112 cm³/mol. The average molecular weight is 357 g/mol. The number of hydrogen-bond acceptors (Lipinski definition) is 3. The monoisotopic (exact) mass is 357 g/mol. The average Bonchev–Trinajstić information content (AvgIpc) is 2.72. The van der Waals surface area contributed by atoms with Crippen LogP contribution in [-0.4, -0.2) is 10.2 Å². The van der Waals surface area contributed by atoms with Crippen molar-refractivity contribution in [2.75, 3.05) is 5.32 Å². The van der Waals surface area contributed by atoms with Gasteiger partial charge in [0.05, 0.1) is 0 Å². The molecule has 3 N–H and O–H groups in total. The highest BCUT2D eigenvalue weighted by molar-refractivity contribution is 5.58. The van der Waals surface area contributed by atoms with Crippen LogP contribution in [0.25, 0.3) is 0 Å². The Bertz CT molecular complexity index is 777. The third-order valence-corrected chi connectivity index (χ3v) is 3.35. The third-order valence-electron chi connectivity index (χ3n) is 3.35. The fourth-order valence-electron chi connectivity index (χ4n) is 2.07. The Kier molecular flexibility index (Phi) is 8.54. The molecule has 0 aliphatic heterocycles. The van der Waals surface area contributed by atoms with Gasteiger partial charge in [0.2, 0.25) is 0 Å². The molecule has 27 heavy (non-hydrogen) atoms. The summed E-state index contributed by atoms with van der Waals surface area (Å²) in [5.74, 6) is 0.644. The minimum Gasteiger partial charge on any atom is -0.508 e. The summed E-state index contributed by atoms with van der Waals surface area (Å²) in [5.41, 5.74) is 2.24. The van der Waals surface area contributed by atoms with Crippen LogP contribution >= 0.6 is 0 Å². The first kappa shape index (κ1) is 19.6. The first-order valence-corrected chi connectivity index (χ1v) is 8.59. The Labute approximate surface area is 160 Å². The molecule has 3 heteroatoms. The van der Waals surface area contributed by atoms with Crippen molar-refractivity contribution in [3.05, 3.63) is 121 Å². The summed E-state index contributed by atoms with van der Waals surface area (Å²) < 4.78 is 0. The van der Waals surface area contributed by atoms with Gasteiger partial charge < -0.3 is 15.5 Å². The fraction of sp³-hybridized carbons (Fsp3) is 0. The van der Waals surface area contributed by atoms with E-state index in [0.717, 1.165) is 11.4 Å². The van der Waals surface area contributed by atoms with Crippen molar-refractivity contribution in [2.24, 2.45) is 0 Å². The summed E-state index contributed by atoms with van der Waals surface area (Å²) in [6.07, 6.45) is 0. The van der Waals surface area contributed by atoms with E-state index in [1.165, 1.54) is 0 Å². The van der Waals surface area contributed by atoms with Gasteiger partial charge in [-0.15, -0.1) is 0 Å². The van der Waals surface area contributed by atoms with Crippen LogP contribution < -0.4 is 5.32 Å². The van der Waals surface area contributed by atoms with E-state index in [-0.39, 0.29) is 0 Å². The molecule has 0 amide bonds. The van der Waals surface area contributed by atoms with Crippen LogP contribution in [0.15, 0.2) is 121 Å². The maximum absolute atomic E-state index is 8.63. The van der Waals surface area contributed by atoms with E-state index >= 15 is 0 Å². The highest BCUT2D eigenvalue weighted by Gasteiger charge is 1.89. The molecule has 0 saturated carbocycles. The number of phenolic OH excluding ortho intramolecular Hbond substituents is 2. The van der Waals surface area contributed by atoms with Crippen molar-refractivity contribution in [3.63, 3.8) is 0 Å². The van der Waals surface area contributed by atoms with Gasteiger partial charge >= 0.3 is 0 Å². The summed E-state index contributed by atoms with van der Waals surface area (Å²) in [7, 11) is 0. The number of aromatic hydroxyl groups is 2. The second kappa shape index (κ2) is 11.8. The molecule has 0 heterocycles. The van der Waals surface area contributed by atoms with Gasteiger partial charge in [0.1, 0.15) is 11.5 Å². The zero-order valence-electron chi connectivity index (χ0n) is 14.9. The molecule has 0 fully saturated rings. The molecule has 136 valence electrons. The second-order valence-electron chi connectivity index (χ2n) is 5.53. The van der Waals surface area contributed by atoms with Crippen molar-refractivity contribution in [3.8, 4) is 11.5 Å². The Morgan fingerprint density at radius 3 is 0.852 bits per heavy atom.